The first-order valence-corrected chi connectivity index (χ1v) is 11.0. The Morgan fingerprint density at radius 2 is 1.57 bits per heavy atom. The molecule has 1 heterocycles. The fraction of sp³-hybridized carbons (Fsp3) is 0.944. The van der Waals surface area contributed by atoms with E-state index >= 15 is 0 Å². The molecule has 4 aliphatic carbocycles. The lowest BCUT2D eigenvalue weighted by Crippen LogP contribution is -2.58. The summed E-state index contributed by atoms with van der Waals surface area (Å²) in [5.41, 5.74) is -0.115. The quantitative estimate of drug-likeness (QED) is 0.631. The summed E-state index contributed by atoms with van der Waals surface area (Å²) in [7, 11) is -0.0498. The molecule has 5 aliphatic rings. The van der Waals surface area contributed by atoms with E-state index in [4.69, 9.17) is 4.74 Å². The van der Waals surface area contributed by atoms with Crippen LogP contribution in [0.2, 0.25) is 0 Å². The van der Waals surface area contributed by atoms with Crippen molar-refractivity contribution in [3.8, 4) is 0 Å². The molecule has 1 aliphatic heterocycles. The molecule has 5 fully saturated rings. The molecular weight excluding hydrogens is 280 g/mol. The Morgan fingerprint density at radius 1 is 1.00 bits per heavy atom. The molecule has 1 saturated heterocycles. The highest BCUT2D eigenvalue weighted by atomic mass is 32.2. The maximum absolute atomic E-state index is 12.5. The van der Waals surface area contributed by atoms with E-state index in [1.54, 1.807) is 0 Å². The fourth-order valence-electron chi connectivity index (χ4n) is 5.86. The van der Waals surface area contributed by atoms with E-state index in [2.05, 4.69) is 6.92 Å². The highest BCUT2D eigenvalue weighted by Gasteiger charge is 2.57. The molecule has 4 saturated carbocycles. The molecule has 0 radical (unpaired) electrons. The van der Waals surface area contributed by atoms with Crippen LogP contribution in [0.3, 0.4) is 0 Å². The van der Waals surface area contributed by atoms with Crippen molar-refractivity contribution in [2.24, 2.45) is 23.7 Å². The van der Waals surface area contributed by atoms with Crippen molar-refractivity contribution in [2.45, 2.75) is 63.9 Å². The van der Waals surface area contributed by atoms with Crippen molar-refractivity contribution in [2.75, 3.05) is 17.3 Å². The Kier molecular flexibility index (Phi) is 3.76. The Balaban J connectivity index is 1.40. The van der Waals surface area contributed by atoms with Crippen LogP contribution < -0.4 is 0 Å². The summed E-state index contributed by atoms with van der Waals surface area (Å²) < 4.78 is 6.19. The first kappa shape index (κ1) is 14.4. The smallest absolute Gasteiger partial charge is 0.314 e. The van der Waals surface area contributed by atoms with Crippen LogP contribution in [0.1, 0.15) is 58.3 Å². The Morgan fingerprint density at radius 3 is 2.14 bits per heavy atom. The van der Waals surface area contributed by atoms with Crippen LogP contribution in [-0.4, -0.2) is 28.8 Å². The molecule has 21 heavy (non-hydrogen) atoms. The Hall–Kier alpha value is -0.180. The Labute approximate surface area is 131 Å². The standard InChI is InChI=1S/C18H30O2S/c1-18(20-17(19)12-21-5-3-2-4-6-21)15-8-13-7-14(10-15)11-16(18)9-13/h13-16,21H,2-12H2,1H3. The van der Waals surface area contributed by atoms with Crippen molar-refractivity contribution in [3.05, 3.63) is 0 Å². The molecule has 0 aromatic heterocycles. The first-order chi connectivity index (χ1) is 10.1. The second-order valence-electron chi connectivity index (χ2n) is 8.30. The van der Waals surface area contributed by atoms with Gasteiger partial charge in [0.2, 0.25) is 0 Å². The third kappa shape index (κ3) is 2.64. The minimum Gasteiger partial charge on any atom is -0.458 e. The summed E-state index contributed by atoms with van der Waals surface area (Å²) >= 11 is 0. The summed E-state index contributed by atoms with van der Waals surface area (Å²) in [4.78, 5) is 12.5. The summed E-state index contributed by atoms with van der Waals surface area (Å²) in [6, 6.07) is 0. The van der Waals surface area contributed by atoms with E-state index in [0.29, 0.717) is 11.8 Å². The summed E-state index contributed by atoms with van der Waals surface area (Å²) in [6.07, 6.45) is 10.8. The van der Waals surface area contributed by atoms with E-state index in [0.717, 1.165) is 17.6 Å². The van der Waals surface area contributed by atoms with Crippen molar-refractivity contribution in [3.63, 3.8) is 0 Å². The minimum atomic E-state index is -0.115. The van der Waals surface area contributed by atoms with Gasteiger partial charge in [-0.05, 0) is 87.0 Å². The van der Waals surface area contributed by atoms with Crippen LogP contribution in [0.5, 0.6) is 0 Å². The maximum Gasteiger partial charge on any atom is 0.314 e. The largest absolute Gasteiger partial charge is 0.458 e. The molecule has 0 unspecified atom stereocenters. The van der Waals surface area contributed by atoms with Crippen molar-refractivity contribution in [1.29, 1.82) is 0 Å². The van der Waals surface area contributed by atoms with Gasteiger partial charge in [0, 0.05) is 0 Å². The van der Waals surface area contributed by atoms with Gasteiger partial charge in [-0.1, -0.05) is 6.42 Å². The molecule has 0 aromatic carbocycles. The molecule has 4 bridgehead atoms. The van der Waals surface area contributed by atoms with Gasteiger partial charge < -0.3 is 4.74 Å². The second kappa shape index (κ2) is 5.47. The number of hydrogen-bond acceptors (Lipinski definition) is 2. The number of ether oxygens (including phenoxy) is 1. The van der Waals surface area contributed by atoms with Crippen LogP contribution in [0.4, 0.5) is 0 Å². The predicted octanol–water partition coefficient (Wildman–Crippen LogP) is 3.93. The number of esters is 1. The average molecular weight is 311 g/mol. The van der Waals surface area contributed by atoms with Gasteiger partial charge in [0.25, 0.3) is 0 Å². The zero-order valence-corrected chi connectivity index (χ0v) is 14.2. The molecule has 0 N–H and O–H groups in total. The van der Waals surface area contributed by atoms with Crippen LogP contribution in [-0.2, 0) is 9.53 Å². The topological polar surface area (TPSA) is 26.3 Å². The number of rotatable bonds is 3. The summed E-state index contributed by atoms with van der Waals surface area (Å²) in [6.45, 7) is 2.27. The van der Waals surface area contributed by atoms with Crippen LogP contribution in [0, 0.1) is 23.7 Å². The lowest BCUT2D eigenvalue weighted by Gasteiger charge is -2.59. The lowest BCUT2D eigenvalue weighted by molar-refractivity contribution is -0.200. The molecule has 0 aromatic rings. The van der Waals surface area contributed by atoms with Crippen LogP contribution >= 0.6 is 10.9 Å². The first-order valence-electron chi connectivity index (χ1n) is 9.07. The van der Waals surface area contributed by atoms with Gasteiger partial charge in [-0.15, -0.1) is 0 Å². The average Bonchev–Trinajstić information content (AvgIpc) is 2.45. The molecule has 3 heteroatoms. The van der Waals surface area contributed by atoms with Gasteiger partial charge in [-0.3, -0.25) is 4.79 Å². The van der Waals surface area contributed by atoms with Gasteiger partial charge in [-0.25, -0.2) is 10.9 Å². The van der Waals surface area contributed by atoms with Gasteiger partial charge in [-0.2, -0.15) is 0 Å². The van der Waals surface area contributed by atoms with E-state index in [-0.39, 0.29) is 22.5 Å². The van der Waals surface area contributed by atoms with Crippen molar-refractivity contribution < 1.29 is 9.53 Å². The third-order valence-corrected chi connectivity index (χ3v) is 9.50. The van der Waals surface area contributed by atoms with Crippen LogP contribution in [0.15, 0.2) is 0 Å². The molecule has 120 valence electrons. The highest BCUT2D eigenvalue weighted by Crippen LogP contribution is 2.59. The van der Waals surface area contributed by atoms with Crippen LogP contribution in [0.25, 0.3) is 0 Å². The van der Waals surface area contributed by atoms with Gasteiger partial charge in [0.1, 0.15) is 5.60 Å². The van der Waals surface area contributed by atoms with E-state index in [1.807, 2.05) is 0 Å². The fourth-order valence-corrected chi connectivity index (χ4v) is 8.18. The molecule has 2 nitrogen and oxygen atoms in total. The Bertz CT molecular complexity index is 385. The monoisotopic (exact) mass is 310 g/mol. The number of carbonyl (C=O) groups excluding carboxylic acids is 1. The highest BCUT2D eigenvalue weighted by molar-refractivity contribution is 8.17. The molecule has 0 amide bonds. The SMILES string of the molecule is CC1(OC(=O)C[SH]2CCCCC2)C2CC3CC(C2)CC1C3. The third-order valence-electron chi connectivity index (χ3n) is 6.89. The zero-order chi connectivity index (χ0) is 14.4. The lowest BCUT2D eigenvalue weighted by atomic mass is 9.50. The predicted molar refractivity (Wildman–Crippen MR) is 89.0 cm³/mol. The number of hydrogen-bond donors (Lipinski definition) is 1. The van der Waals surface area contributed by atoms with Crippen molar-refractivity contribution >= 4 is 16.9 Å². The number of carbonyl (C=O) groups is 1. The van der Waals surface area contributed by atoms with E-state index in [9.17, 15) is 4.79 Å². The summed E-state index contributed by atoms with van der Waals surface area (Å²) in [5, 5.41) is 0. The summed E-state index contributed by atoms with van der Waals surface area (Å²) in [5.74, 6) is 6.71. The molecule has 0 atom stereocenters. The second-order valence-corrected chi connectivity index (χ2v) is 10.9. The maximum atomic E-state index is 12.5. The molecule has 0 spiro atoms. The van der Waals surface area contributed by atoms with E-state index in [1.165, 1.54) is 62.9 Å². The minimum absolute atomic E-state index is 0.0498. The zero-order valence-electron chi connectivity index (χ0n) is 13.4. The van der Waals surface area contributed by atoms with Gasteiger partial charge in [0.05, 0.1) is 5.75 Å². The van der Waals surface area contributed by atoms with Gasteiger partial charge in [0.15, 0.2) is 0 Å². The normalized spacial score (nSPS) is 46.6. The molecule has 5 rings (SSSR count). The van der Waals surface area contributed by atoms with Crippen molar-refractivity contribution in [1.82, 2.24) is 0 Å². The van der Waals surface area contributed by atoms with E-state index < -0.39 is 0 Å². The van der Waals surface area contributed by atoms with Gasteiger partial charge >= 0.3 is 5.97 Å². The number of thiol groups is 1. The molecular formula is C18H30O2S.